The zero-order valence-electron chi connectivity index (χ0n) is 18.0. The molecule has 0 N–H and O–H groups in total. The smallest absolute Gasteiger partial charge is 0.262 e. The number of aryl methyl sites for hydroxylation is 1. The van der Waals surface area contributed by atoms with Gasteiger partial charge in [-0.1, -0.05) is 23.4 Å². The first-order valence-electron chi connectivity index (χ1n) is 10.4. The van der Waals surface area contributed by atoms with Crippen LogP contribution >= 0.6 is 11.8 Å². The molecule has 0 amide bonds. The van der Waals surface area contributed by atoms with Crippen molar-refractivity contribution in [3.8, 4) is 11.5 Å². The maximum absolute atomic E-state index is 13.4. The summed E-state index contributed by atoms with van der Waals surface area (Å²) in [6.07, 6.45) is 7.83. The summed E-state index contributed by atoms with van der Waals surface area (Å²) in [5.41, 5.74) is 1.89. The van der Waals surface area contributed by atoms with Gasteiger partial charge >= 0.3 is 0 Å². The van der Waals surface area contributed by atoms with Crippen molar-refractivity contribution >= 4 is 22.7 Å². The molecule has 0 radical (unpaired) electrons. The number of rotatable bonds is 8. The van der Waals surface area contributed by atoms with E-state index in [1.807, 2.05) is 0 Å². The van der Waals surface area contributed by atoms with Crippen molar-refractivity contribution in [3.63, 3.8) is 0 Å². The molecule has 0 saturated heterocycles. The summed E-state index contributed by atoms with van der Waals surface area (Å²) in [6, 6.07) is 3.44. The van der Waals surface area contributed by atoms with E-state index in [-0.39, 0.29) is 5.56 Å². The second-order valence-electron chi connectivity index (χ2n) is 7.44. The number of fused-ring (bicyclic) bond motifs is 1. The van der Waals surface area contributed by atoms with E-state index in [1.165, 1.54) is 30.2 Å². The van der Waals surface area contributed by atoms with Gasteiger partial charge in [-0.25, -0.2) is 4.98 Å². The molecule has 1 aliphatic rings. The molecule has 1 aliphatic carbocycles. The average Bonchev–Trinajstić information content (AvgIpc) is 3.22. The molecule has 0 spiro atoms. The van der Waals surface area contributed by atoms with E-state index < -0.39 is 0 Å². The van der Waals surface area contributed by atoms with Gasteiger partial charge in [0, 0.05) is 19.5 Å². The van der Waals surface area contributed by atoms with Gasteiger partial charge < -0.3 is 13.9 Å². The number of methoxy groups -OCH3 is 2. The lowest BCUT2D eigenvalue weighted by molar-refractivity contribution is 0.355. The molecule has 0 bridgehead atoms. The fourth-order valence-corrected chi connectivity index (χ4v) is 4.61. The highest BCUT2D eigenvalue weighted by Crippen LogP contribution is 2.32. The maximum Gasteiger partial charge on any atom is 0.262 e. The monoisotopic (exact) mass is 442 g/mol. The summed E-state index contributed by atoms with van der Waals surface area (Å²) in [5.74, 6) is 2.51. The summed E-state index contributed by atoms with van der Waals surface area (Å²) >= 11 is 1.42. The fourth-order valence-electron chi connectivity index (χ4n) is 3.74. The maximum atomic E-state index is 13.4. The topological polar surface area (TPSA) is 92.3 Å². The molecule has 0 aliphatic heterocycles. The Labute approximate surface area is 184 Å². The Kier molecular flexibility index (Phi) is 6.60. The highest BCUT2D eigenvalue weighted by atomic mass is 32.2. The fraction of sp³-hybridized carbons (Fsp3) is 0.455. The van der Waals surface area contributed by atoms with E-state index in [4.69, 9.17) is 18.9 Å². The Morgan fingerprint density at radius 3 is 2.65 bits per heavy atom. The van der Waals surface area contributed by atoms with Crippen molar-refractivity contribution in [2.75, 3.05) is 14.2 Å². The lowest BCUT2D eigenvalue weighted by Crippen LogP contribution is -2.24. The second-order valence-corrected chi connectivity index (χ2v) is 8.38. The Morgan fingerprint density at radius 1 is 1.16 bits per heavy atom. The first-order chi connectivity index (χ1) is 15.1. The van der Waals surface area contributed by atoms with Crippen LogP contribution in [-0.4, -0.2) is 34.0 Å². The SMILES string of the molecule is COc1cc2nc(SCc3nnc(C)o3)n(CCC3=CCCCC3)c(=O)c2cc1OC. The molecule has 31 heavy (non-hydrogen) atoms. The summed E-state index contributed by atoms with van der Waals surface area (Å²) in [7, 11) is 3.12. The van der Waals surface area contributed by atoms with Crippen molar-refractivity contribution in [3.05, 3.63) is 45.9 Å². The van der Waals surface area contributed by atoms with E-state index in [0.717, 1.165) is 19.3 Å². The molecule has 0 unspecified atom stereocenters. The van der Waals surface area contributed by atoms with Crippen LogP contribution in [0.5, 0.6) is 11.5 Å². The first kappa shape index (κ1) is 21.4. The minimum Gasteiger partial charge on any atom is -0.493 e. The third-order valence-corrected chi connectivity index (χ3v) is 6.32. The molecule has 3 aromatic rings. The van der Waals surface area contributed by atoms with Gasteiger partial charge in [-0.15, -0.1) is 10.2 Å². The summed E-state index contributed by atoms with van der Waals surface area (Å²) < 4.78 is 18.0. The Bertz CT molecular complexity index is 1170. The number of aromatic nitrogens is 4. The van der Waals surface area contributed by atoms with Crippen LogP contribution in [0.1, 0.15) is 43.9 Å². The molecule has 0 atom stereocenters. The van der Waals surface area contributed by atoms with E-state index in [0.29, 0.717) is 51.6 Å². The quantitative estimate of drug-likeness (QED) is 0.290. The van der Waals surface area contributed by atoms with Crippen LogP contribution in [0.25, 0.3) is 10.9 Å². The molecular weight excluding hydrogens is 416 g/mol. The predicted octanol–water partition coefficient (Wildman–Crippen LogP) is 4.29. The Morgan fingerprint density at radius 2 is 1.97 bits per heavy atom. The average molecular weight is 443 g/mol. The molecule has 164 valence electrons. The minimum atomic E-state index is -0.0911. The Hall–Kier alpha value is -2.81. The van der Waals surface area contributed by atoms with Gasteiger partial charge in [0.25, 0.3) is 5.56 Å². The van der Waals surface area contributed by atoms with Crippen molar-refractivity contribution < 1.29 is 13.9 Å². The van der Waals surface area contributed by atoms with E-state index in [1.54, 1.807) is 37.8 Å². The standard InChI is InChI=1S/C22H26N4O4S/c1-14-24-25-20(30-14)13-31-22-23-17-12-19(29-3)18(28-2)11-16(17)21(27)26(22)10-9-15-7-5-4-6-8-15/h7,11-12H,4-6,8-10,13H2,1-3H3. The van der Waals surface area contributed by atoms with Crippen LogP contribution < -0.4 is 15.0 Å². The third kappa shape index (κ3) is 4.76. The van der Waals surface area contributed by atoms with Crippen LogP contribution in [0.15, 0.2) is 38.1 Å². The molecule has 9 heteroatoms. The number of ether oxygens (including phenoxy) is 2. The molecule has 4 rings (SSSR count). The van der Waals surface area contributed by atoms with Crippen LogP contribution in [-0.2, 0) is 12.3 Å². The van der Waals surface area contributed by atoms with Crippen molar-refractivity contribution in [1.29, 1.82) is 0 Å². The van der Waals surface area contributed by atoms with E-state index >= 15 is 0 Å². The molecule has 2 heterocycles. The highest BCUT2D eigenvalue weighted by molar-refractivity contribution is 7.98. The van der Waals surface area contributed by atoms with Crippen LogP contribution in [0.2, 0.25) is 0 Å². The molecule has 0 fully saturated rings. The lowest BCUT2D eigenvalue weighted by Gasteiger charge is -2.17. The van der Waals surface area contributed by atoms with Crippen LogP contribution in [0.4, 0.5) is 0 Å². The summed E-state index contributed by atoms with van der Waals surface area (Å²) in [6.45, 7) is 2.33. The van der Waals surface area contributed by atoms with Crippen molar-refractivity contribution in [2.45, 2.75) is 56.5 Å². The molecule has 1 aromatic carbocycles. The van der Waals surface area contributed by atoms with Gasteiger partial charge in [-0.2, -0.15) is 0 Å². The van der Waals surface area contributed by atoms with Gasteiger partial charge in [0.1, 0.15) is 0 Å². The minimum absolute atomic E-state index is 0.0911. The highest BCUT2D eigenvalue weighted by Gasteiger charge is 2.17. The van der Waals surface area contributed by atoms with Gasteiger partial charge in [0.2, 0.25) is 11.8 Å². The number of hydrogen-bond donors (Lipinski definition) is 0. The number of nitrogens with zero attached hydrogens (tertiary/aromatic N) is 4. The number of benzene rings is 1. The summed E-state index contributed by atoms with van der Waals surface area (Å²) in [5, 5.41) is 9.05. The number of allylic oxidation sites excluding steroid dienone is 2. The van der Waals surface area contributed by atoms with Gasteiger partial charge in [0.15, 0.2) is 16.7 Å². The predicted molar refractivity (Wildman–Crippen MR) is 119 cm³/mol. The van der Waals surface area contributed by atoms with Gasteiger partial charge in [-0.3, -0.25) is 9.36 Å². The number of hydrogen-bond acceptors (Lipinski definition) is 8. The zero-order valence-corrected chi connectivity index (χ0v) is 18.8. The first-order valence-corrected chi connectivity index (χ1v) is 11.3. The second kappa shape index (κ2) is 9.55. The third-order valence-electron chi connectivity index (χ3n) is 5.36. The van der Waals surface area contributed by atoms with Crippen LogP contribution in [0, 0.1) is 6.92 Å². The molecule has 0 saturated carbocycles. The molecular formula is C22H26N4O4S. The largest absolute Gasteiger partial charge is 0.493 e. The Balaban J connectivity index is 1.72. The number of thioether (sulfide) groups is 1. The normalized spacial score (nSPS) is 14.0. The molecule has 2 aromatic heterocycles. The van der Waals surface area contributed by atoms with E-state index in [2.05, 4.69) is 16.3 Å². The molecule has 8 nitrogen and oxygen atoms in total. The van der Waals surface area contributed by atoms with E-state index in [9.17, 15) is 4.79 Å². The van der Waals surface area contributed by atoms with Crippen molar-refractivity contribution in [2.24, 2.45) is 0 Å². The van der Waals surface area contributed by atoms with Crippen molar-refractivity contribution in [1.82, 2.24) is 19.7 Å². The lowest BCUT2D eigenvalue weighted by atomic mass is 9.97. The zero-order chi connectivity index (χ0) is 21.8. The van der Waals surface area contributed by atoms with Crippen LogP contribution in [0.3, 0.4) is 0 Å². The van der Waals surface area contributed by atoms with Gasteiger partial charge in [0.05, 0.1) is 30.9 Å². The van der Waals surface area contributed by atoms with Gasteiger partial charge in [-0.05, 0) is 38.2 Å². The summed E-state index contributed by atoms with van der Waals surface area (Å²) in [4.78, 5) is 18.2.